The van der Waals surface area contributed by atoms with Crippen molar-refractivity contribution in [2.24, 2.45) is 0 Å². The molecule has 0 aliphatic carbocycles. The molecule has 0 spiro atoms. The first-order chi connectivity index (χ1) is 11.0. The third-order valence-electron chi connectivity index (χ3n) is 3.33. The highest BCUT2D eigenvalue weighted by molar-refractivity contribution is 9.10. The second-order valence-corrected chi connectivity index (χ2v) is 7.19. The average molecular weight is 407 g/mol. The molecule has 0 bridgehead atoms. The van der Waals surface area contributed by atoms with E-state index in [0.29, 0.717) is 5.69 Å². The molecule has 7 heteroatoms. The number of hydrogen-bond donors (Lipinski definition) is 1. The summed E-state index contributed by atoms with van der Waals surface area (Å²) in [5.74, 6) is -0.892. The molecule has 1 aromatic carbocycles. The Hall–Kier alpha value is -1.83. The molecule has 1 fully saturated rings. The van der Waals surface area contributed by atoms with E-state index in [1.807, 2.05) is 36.6 Å². The maximum absolute atomic E-state index is 12.8. The van der Waals surface area contributed by atoms with E-state index in [4.69, 9.17) is 12.2 Å². The first-order valence-corrected chi connectivity index (χ1v) is 8.76. The molecule has 1 N–H and O–H groups in total. The number of thiophene rings is 1. The summed E-state index contributed by atoms with van der Waals surface area (Å²) in [4.78, 5) is 27.1. The second kappa shape index (κ2) is 6.35. The fourth-order valence-electron chi connectivity index (χ4n) is 2.26. The number of anilines is 1. The molecule has 2 amide bonds. The molecule has 2 aromatic rings. The molecule has 1 aromatic heterocycles. The first kappa shape index (κ1) is 16.0. The van der Waals surface area contributed by atoms with Gasteiger partial charge in [0, 0.05) is 9.35 Å². The van der Waals surface area contributed by atoms with Crippen molar-refractivity contribution in [2.45, 2.75) is 6.92 Å². The van der Waals surface area contributed by atoms with E-state index in [1.54, 1.807) is 12.1 Å². The molecule has 0 saturated carbocycles. The molecular weight excluding hydrogens is 396 g/mol. The predicted octanol–water partition coefficient (Wildman–Crippen LogP) is 3.65. The number of nitrogens with one attached hydrogen (secondary N) is 1. The second-order valence-electron chi connectivity index (χ2n) is 4.90. The molecule has 0 atom stereocenters. The van der Waals surface area contributed by atoms with E-state index in [9.17, 15) is 9.59 Å². The van der Waals surface area contributed by atoms with Crippen LogP contribution in [0.4, 0.5) is 5.69 Å². The quantitative estimate of drug-likeness (QED) is 0.470. The third-order valence-corrected chi connectivity index (χ3v) is 4.93. The highest BCUT2D eigenvalue weighted by Gasteiger charge is 2.35. The van der Waals surface area contributed by atoms with Crippen molar-refractivity contribution >= 4 is 68.2 Å². The molecule has 2 heterocycles. The zero-order valence-electron chi connectivity index (χ0n) is 12.0. The standard InChI is InChI=1S/C16H11BrN2O2S2/c1-9-7-10(17)4-5-13(9)19-15(21)12(14(20)18-16(19)22)8-11-3-2-6-23-11/h2-8H,1H3,(H,18,20,22). The summed E-state index contributed by atoms with van der Waals surface area (Å²) in [6.07, 6.45) is 1.59. The summed E-state index contributed by atoms with van der Waals surface area (Å²) in [5, 5.41) is 4.56. The summed E-state index contributed by atoms with van der Waals surface area (Å²) in [5.41, 5.74) is 1.60. The minimum atomic E-state index is -0.473. The Morgan fingerprint density at radius 1 is 1.30 bits per heavy atom. The molecule has 1 saturated heterocycles. The highest BCUT2D eigenvalue weighted by Crippen LogP contribution is 2.28. The maximum Gasteiger partial charge on any atom is 0.270 e. The Balaban J connectivity index is 2.05. The molecule has 0 radical (unpaired) electrons. The topological polar surface area (TPSA) is 49.4 Å². The molecule has 1 aliphatic heterocycles. The first-order valence-electron chi connectivity index (χ1n) is 6.68. The lowest BCUT2D eigenvalue weighted by Gasteiger charge is -2.30. The smallest absolute Gasteiger partial charge is 0.270 e. The number of carbonyl (C=O) groups is 2. The molecule has 1 aliphatic rings. The molecule has 3 rings (SSSR count). The number of aryl methyl sites for hydroxylation is 1. The Bertz CT molecular complexity index is 844. The minimum absolute atomic E-state index is 0.0726. The maximum atomic E-state index is 12.8. The van der Waals surface area contributed by atoms with Crippen LogP contribution in [0.1, 0.15) is 10.4 Å². The van der Waals surface area contributed by atoms with Crippen LogP contribution in [0.25, 0.3) is 6.08 Å². The Kier molecular flexibility index (Phi) is 4.43. The average Bonchev–Trinajstić information content (AvgIpc) is 2.98. The van der Waals surface area contributed by atoms with Gasteiger partial charge in [-0.15, -0.1) is 11.3 Å². The Morgan fingerprint density at radius 3 is 2.74 bits per heavy atom. The van der Waals surface area contributed by atoms with Crippen LogP contribution >= 0.6 is 39.5 Å². The monoisotopic (exact) mass is 406 g/mol. The normalized spacial score (nSPS) is 16.9. The minimum Gasteiger partial charge on any atom is -0.298 e. The van der Waals surface area contributed by atoms with Crippen LogP contribution < -0.4 is 10.2 Å². The van der Waals surface area contributed by atoms with Crippen molar-refractivity contribution in [2.75, 3.05) is 4.90 Å². The highest BCUT2D eigenvalue weighted by atomic mass is 79.9. The largest absolute Gasteiger partial charge is 0.298 e. The zero-order chi connectivity index (χ0) is 16.6. The van der Waals surface area contributed by atoms with E-state index >= 15 is 0 Å². The van der Waals surface area contributed by atoms with Gasteiger partial charge in [-0.2, -0.15) is 0 Å². The third kappa shape index (κ3) is 3.12. The van der Waals surface area contributed by atoms with E-state index in [0.717, 1.165) is 14.9 Å². The van der Waals surface area contributed by atoms with Crippen molar-refractivity contribution in [3.8, 4) is 0 Å². The van der Waals surface area contributed by atoms with Gasteiger partial charge in [0.1, 0.15) is 5.57 Å². The predicted molar refractivity (Wildman–Crippen MR) is 99.4 cm³/mol. The zero-order valence-corrected chi connectivity index (χ0v) is 15.2. The number of thiocarbonyl (C=S) groups is 1. The van der Waals surface area contributed by atoms with Gasteiger partial charge < -0.3 is 0 Å². The van der Waals surface area contributed by atoms with Crippen LogP contribution in [0.3, 0.4) is 0 Å². The number of hydrogen-bond acceptors (Lipinski definition) is 4. The van der Waals surface area contributed by atoms with Gasteiger partial charge in [-0.05, 0) is 60.4 Å². The molecular formula is C16H11BrN2O2S2. The number of rotatable bonds is 2. The van der Waals surface area contributed by atoms with Crippen LogP contribution in [0, 0.1) is 6.92 Å². The molecule has 0 unspecified atom stereocenters. The Morgan fingerprint density at radius 2 is 2.09 bits per heavy atom. The van der Waals surface area contributed by atoms with Crippen LogP contribution in [0.2, 0.25) is 0 Å². The van der Waals surface area contributed by atoms with Gasteiger partial charge in [0.2, 0.25) is 0 Å². The summed E-state index contributed by atoms with van der Waals surface area (Å²) < 4.78 is 0.910. The lowest BCUT2D eigenvalue weighted by atomic mass is 10.1. The van der Waals surface area contributed by atoms with Gasteiger partial charge in [0.25, 0.3) is 11.8 Å². The number of nitrogens with zero attached hydrogens (tertiary/aromatic N) is 1. The van der Waals surface area contributed by atoms with Gasteiger partial charge in [0.15, 0.2) is 5.11 Å². The van der Waals surface area contributed by atoms with Crippen molar-refractivity contribution < 1.29 is 9.59 Å². The van der Waals surface area contributed by atoms with E-state index in [1.165, 1.54) is 16.2 Å². The van der Waals surface area contributed by atoms with Gasteiger partial charge in [-0.1, -0.05) is 22.0 Å². The molecule has 23 heavy (non-hydrogen) atoms. The van der Waals surface area contributed by atoms with Gasteiger partial charge in [-0.25, -0.2) is 0 Å². The van der Waals surface area contributed by atoms with Crippen LogP contribution in [0.15, 0.2) is 45.8 Å². The number of carbonyl (C=O) groups excluding carboxylic acids is 2. The van der Waals surface area contributed by atoms with Gasteiger partial charge >= 0.3 is 0 Å². The van der Waals surface area contributed by atoms with E-state index in [2.05, 4.69) is 21.2 Å². The Labute approximate surface area is 150 Å². The number of amides is 2. The summed E-state index contributed by atoms with van der Waals surface area (Å²) >= 11 is 10.0. The SMILES string of the molecule is Cc1cc(Br)ccc1N1C(=O)C(=Cc2cccs2)C(=O)NC1=S. The van der Waals surface area contributed by atoms with Gasteiger partial charge in [0.05, 0.1) is 5.69 Å². The van der Waals surface area contributed by atoms with Crippen molar-refractivity contribution in [1.29, 1.82) is 0 Å². The lowest BCUT2D eigenvalue weighted by molar-refractivity contribution is -0.122. The number of benzene rings is 1. The fraction of sp³-hybridized carbons (Fsp3) is 0.0625. The summed E-state index contributed by atoms with van der Waals surface area (Å²) in [7, 11) is 0. The number of halogens is 1. The van der Waals surface area contributed by atoms with Crippen molar-refractivity contribution in [3.05, 3.63) is 56.2 Å². The van der Waals surface area contributed by atoms with Crippen molar-refractivity contribution in [1.82, 2.24) is 5.32 Å². The molecule has 116 valence electrons. The van der Waals surface area contributed by atoms with Crippen LogP contribution in [-0.4, -0.2) is 16.9 Å². The van der Waals surface area contributed by atoms with Crippen molar-refractivity contribution in [3.63, 3.8) is 0 Å². The lowest BCUT2D eigenvalue weighted by Crippen LogP contribution is -2.54. The van der Waals surface area contributed by atoms with E-state index < -0.39 is 11.8 Å². The summed E-state index contributed by atoms with van der Waals surface area (Å²) in [6.45, 7) is 1.88. The fourth-order valence-corrected chi connectivity index (χ4v) is 3.67. The summed E-state index contributed by atoms with van der Waals surface area (Å²) in [6, 6.07) is 9.23. The van der Waals surface area contributed by atoms with Gasteiger partial charge in [-0.3, -0.25) is 19.8 Å². The van der Waals surface area contributed by atoms with E-state index in [-0.39, 0.29) is 10.7 Å². The molecule has 4 nitrogen and oxygen atoms in total. The van der Waals surface area contributed by atoms with Crippen LogP contribution in [0.5, 0.6) is 0 Å². The van der Waals surface area contributed by atoms with Crippen LogP contribution in [-0.2, 0) is 9.59 Å².